The zero-order chi connectivity index (χ0) is 15.2. The van der Waals surface area contributed by atoms with Crippen LogP contribution < -0.4 is 10.8 Å². The summed E-state index contributed by atoms with van der Waals surface area (Å²) in [5, 5.41) is 22.2. The van der Waals surface area contributed by atoms with Crippen LogP contribution in [-0.2, 0) is 11.2 Å². The molecule has 0 heterocycles. The molecular formula is C14H13N3O4. The molecule has 21 heavy (non-hydrogen) atoms. The average molecular weight is 287 g/mol. The van der Waals surface area contributed by atoms with E-state index in [0.29, 0.717) is 0 Å². The highest BCUT2D eigenvalue weighted by atomic mass is 16.6. The Balaban J connectivity index is 2.13. The summed E-state index contributed by atoms with van der Waals surface area (Å²) in [5.41, 5.74) is 2.79. The molecule has 2 aromatic carbocycles. The van der Waals surface area contributed by atoms with Gasteiger partial charge in [0.25, 0.3) is 5.69 Å². The molecule has 0 fully saturated rings. The van der Waals surface area contributed by atoms with Gasteiger partial charge in [-0.3, -0.25) is 25.6 Å². The van der Waals surface area contributed by atoms with E-state index in [1.807, 2.05) is 35.8 Å². The number of carbonyl (C=O) groups excluding carboxylic acids is 1. The molecule has 0 unspecified atom stereocenters. The number of anilines is 2. The Kier molecular flexibility index (Phi) is 4.47. The smallest absolute Gasteiger partial charge is 0.273 e. The van der Waals surface area contributed by atoms with Crippen LogP contribution in [0.4, 0.5) is 17.1 Å². The first-order chi connectivity index (χ1) is 10.1. The molecule has 7 nitrogen and oxygen atoms in total. The molecule has 0 aliphatic carbocycles. The van der Waals surface area contributed by atoms with Crippen LogP contribution in [0.5, 0.6) is 0 Å². The lowest BCUT2D eigenvalue weighted by molar-refractivity contribution is -0.384. The fourth-order valence-corrected chi connectivity index (χ4v) is 1.84. The zero-order valence-corrected chi connectivity index (χ0v) is 10.9. The van der Waals surface area contributed by atoms with Crippen LogP contribution in [0.3, 0.4) is 0 Å². The number of nitro benzene ring substituents is 1. The predicted molar refractivity (Wildman–Crippen MR) is 77.3 cm³/mol. The summed E-state index contributed by atoms with van der Waals surface area (Å²) in [6.45, 7) is 0. The molecule has 108 valence electrons. The van der Waals surface area contributed by atoms with Crippen molar-refractivity contribution in [3.8, 4) is 0 Å². The van der Waals surface area contributed by atoms with E-state index in [0.717, 1.165) is 11.6 Å². The van der Waals surface area contributed by atoms with Gasteiger partial charge in [-0.25, -0.2) is 0 Å². The van der Waals surface area contributed by atoms with Gasteiger partial charge in [0, 0.05) is 17.8 Å². The van der Waals surface area contributed by atoms with Crippen molar-refractivity contribution >= 4 is 23.0 Å². The maximum Gasteiger partial charge on any atom is 0.273 e. The molecule has 0 saturated heterocycles. The molecule has 2 rings (SSSR count). The summed E-state index contributed by atoms with van der Waals surface area (Å²) in [6, 6.07) is 12.9. The summed E-state index contributed by atoms with van der Waals surface area (Å²) in [5.74, 6) is -0.300. The summed E-state index contributed by atoms with van der Waals surface area (Å²) >= 11 is 0. The highest BCUT2D eigenvalue weighted by Crippen LogP contribution is 2.24. The van der Waals surface area contributed by atoms with E-state index in [4.69, 9.17) is 5.21 Å². The Morgan fingerprint density at radius 3 is 2.43 bits per heavy atom. The molecule has 0 atom stereocenters. The number of carbonyl (C=O) groups is 1. The van der Waals surface area contributed by atoms with E-state index in [9.17, 15) is 14.9 Å². The molecule has 0 radical (unpaired) electrons. The molecule has 0 aliphatic rings. The molecule has 7 heteroatoms. The third-order valence-corrected chi connectivity index (χ3v) is 2.75. The highest BCUT2D eigenvalue weighted by Gasteiger charge is 2.11. The fourth-order valence-electron chi connectivity index (χ4n) is 1.84. The number of rotatable bonds is 5. The maximum absolute atomic E-state index is 11.9. The van der Waals surface area contributed by atoms with Crippen LogP contribution >= 0.6 is 0 Å². The normalized spacial score (nSPS) is 9.95. The predicted octanol–water partition coefficient (Wildman–Crippen LogP) is 2.58. The lowest BCUT2D eigenvalue weighted by Crippen LogP contribution is -2.14. The van der Waals surface area contributed by atoms with Gasteiger partial charge in [-0.05, 0) is 11.6 Å². The second-order valence-electron chi connectivity index (χ2n) is 4.35. The van der Waals surface area contributed by atoms with Crippen LogP contribution in [0.1, 0.15) is 5.56 Å². The van der Waals surface area contributed by atoms with Gasteiger partial charge in [-0.15, -0.1) is 0 Å². The van der Waals surface area contributed by atoms with Crippen molar-refractivity contribution in [3.63, 3.8) is 0 Å². The molecular weight excluding hydrogens is 274 g/mol. The molecule has 0 bridgehead atoms. The van der Waals surface area contributed by atoms with Crippen molar-refractivity contribution in [1.82, 2.24) is 0 Å². The Morgan fingerprint density at radius 2 is 1.81 bits per heavy atom. The lowest BCUT2D eigenvalue weighted by atomic mass is 10.1. The van der Waals surface area contributed by atoms with Crippen LogP contribution in [-0.4, -0.2) is 16.0 Å². The minimum atomic E-state index is -0.603. The van der Waals surface area contributed by atoms with Gasteiger partial charge in [0.05, 0.1) is 17.0 Å². The molecule has 0 spiro atoms. The number of non-ortho nitro benzene ring substituents is 1. The third kappa shape index (κ3) is 4.02. The quantitative estimate of drug-likeness (QED) is 0.579. The van der Waals surface area contributed by atoms with Gasteiger partial charge < -0.3 is 5.32 Å². The Bertz CT molecular complexity index is 659. The second-order valence-corrected chi connectivity index (χ2v) is 4.35. The summed E-state index contributed by atoms with van der Waals surface area (Å²) < 4.78 is 0. The summed E-state index contributed by atoms with van der Waals surface area (Å²) in [4.78, 5) is 22.1. The van der Waals surface area contributed by atoms with Crippen LogP contribution in [0.15, 0.2) is 48.5 Å². The lowest BCUT2D eigenvalue weighted by Gasteiger charge is -2.07. The second kappa shape index (κ2) is 6.49. The minimum Gasteiger partial charge on any atom is -0.325 e. The third-order valence-electron chi connectivity index (χ3n) is 2.75. The standard InChI is InChI=1S/C14H13N3O4/c18-14(6-10-4-2-1-3-5-10)15-11-7-12(16-19)9-13(8-11)17(20)21/h1-5,7-9,16,19H,6H2,(H,15,18). The van der Waals surface area contributed by atoms with E-state index in [1.165, 1.54) is 12.1 Å². The zero-order valence-electron chi connectivity index (χ0n) is 10.9. The monoisotopic (exact) mass is 287 g/mol. The Labute approximate surface area is 120 Å². The topological polar surface area (TPSA) is 104 Å². The van der Waals surface area contributed by atoms with Gasteiger partial charge in [-0.1, -0.05) is 30.3 Å². The van der Waals surface area contributed by atoms with Crippen molar-refractivity contribution in [2.24, 2.45) is 0 Å². The van der Waals surface area contributed by atoms with Gasteiger partial charge in [0.2, 0.25) is 5.91 Å². The number of nitrogens with one attached hydrogen (secondary N) is 2. The number of nitro groups is 1. The van der Waals surface area contributed by atoms with Crippen molar-refractivity contribution in [3.05, 3.63) is 64.2 Å². The molecule has 3 N–H and O–H groups in total. The van der Waals surface area contributed by atoms with Gasteiger partial charge >= 0.3 is 0 Å². The number of hydrogen-bond donors (Lipinski definition) is 3. The molecule has 1 amide bonds. The molecule has 0 saturated carbocycles. The Morgan fingerprint density at radius 1 is 1.14 bits per heavy atom. The number of benzene rings is 2. The maximum atomic E-state index is 11.9. The van der Waals surface area contributed by atoms with Crippen molar-refractivity contribution in [2.45, 2.75) is 6.42 Å². The molecule has 0 aliphatic heterocycles. The van der Waals surface area contributed by atoms with Gasteiger partial charge in [-0.2, -0.15) is 0 Å². The minimum absolute atomic E-state index is 0.124. The van der Waals surface area contributed by atoms with Crippen molar-refractivity contribution < 1.29 is 14.9 Å². The van der Waals surface area contributed by atoms with E-state index in [1.54, 1.807) is 0 Å². The highest BCUT2D eigenvalue weighted by molar-refractivity contribution is 5.93. The van der Waals surface area contributed by atoms with Crippen molar-refractivity contribution in [2.75, 3.05) is 10.8 Å². The largest absolute Gasteiger partial charge is 0.325 e. The number of hydrogen-bond acceptors (Lipinski definition) is 5. The molecule has 0 aromatic heterocycles. The summed E-state index contributed by atoms with van der Waals surface area (Å²) in [7, 11) is 0. The average Bonchev–Trinajstić information content (AvgIpc) is 2.47. The van der Waals surface area contributed by atoms with Gasteiger partial charge in [0.1, 0.15) is 0 Å². The molecule has 2 aromatic rings. The van der Waals surface area contributed by atoms with Crippen LogP contribution in [0, 0.1) is 10.1 Å². The van der Waals surface area contributed by atoms with E-state index in [2.05, 4.69) is 5.32 Å². The first-order valence-corrected chi connectivity index (χ1v) is 6.12. The number of amides is 1. The van der Waals surface area contributed by atoms with E-state index >= 15 is 0 Å². The van der Waals surface area contributed by atoms with Crippen molar-refractivity contribution in [1.29, 1.82) is 0 Å². The van der Waals surface area contributed by atoms with Crippen LogP contribution in [0.25, 0.3) is 0 Å². The van der Waals surface area contributed by atoms with Gasteiger partial charge in [0.15, 0.2) is 0 Å². The van der Waals surface area contributed by atoms with E-state index in [-0.39, 0.29) is 29.4 Å². The Hall–Kier alpha value is -2.93. The first kappa shape index (κ1) is 14.5. The van der Waals surface area contributed by atoms with E-state index < -0.39 is 4.92 Å². The first-order valence-electron chi connectivity index (χ1n) is 6.12. The SMILES string of the molecule is O=C(Cc1ccccc1)Nc1cc(NO)cc([N+](=O)[O-])c1. The number of nitrogens with zero attached hydrogens (tertiary/aromatic N) is 1. The van der Waals surface area contributed by atoms with Crippen LogP contribution in [0.2, 0.25) is 0 Å². The fraction of sp³-hybridized carbons (Fsp3) is 0.0714. The summed E-state index contributed by atoms with van der Waals surface area (Å²) in [6.07, 6.45) is 0.158.